The van der Waals surface area contributed by atoms with Gasteiger partial charge >= 0.3 is 0 Å². The van der Waals surface area contributed by atoms with Crippen molar-refractivity contribution in [3.8, 4) is 0 Å². The number of sulfonamides is 1. The standard InChI is InChI=1S/C14H20N2O3S/c1-11-3-5-12(6-4-11)15-14(17)9-10-16(13-7-8-13)20(2,18)19/h3-6,13H,7-10H2,1-2H3,(H,15,17). The van der Waals surface area contributed by atoms with Crippen molar-refractivity contribution < 1.29 is 13.2 Å². The quantitative estimate of drug-likeness (QED) is 0.869. The molecule has 1 amide bonds. The van der Waals surface area contributed by atoms with Gasteiger partial charge in [-0.05, 0) is 31.9 Å². The maximum atomic E-state index is 11.8. The molecule has 1 fully saturated rings. The highest BCUT2D eigenvalue weighted by Gasteiger charge is 2.34. The monoisotopic (exact) mass is 296 g/mol. The second-order valence-corrected chi connectivity index (χ2v) is 7.20. The fourth-order valence-electron chi connectivity index (χ4n) is 2.05. The van der Waals surface area contributed by atoms with E-state index in [0.29, 0.717) is 0 Å². The van der Waals surface area contributed by atoms with E-state index in [1.165, 1.54) is 10.6 Å². The zero-order chi connectivity index (χ0) is 14.8. The van der Waals surface area contributed by atoms with Crippen LogP contribution in [0.25, 0.3) is 0 Å². The number of anilines is 1. The lowest BCUT2D eigenvalue weighted by molar-refractivity contribution is -0.116. The minimum absolute atomic E-state index is 0.0946. The molecule has 0 aliphatic heterocycles. The molecule has 5 nitrogen and oxygen atoms in total. The summed E-state index contributed by atoms with van der Waals surface area (Å²) >= 11 is 0. The van der Waals surface area contributed by atoms with Gasteiger partial charge in [-0.25, -0.2) is 8.42 Å². The van der Waals surface area contributed by atoms with Crippen LogP contribution in [-0.4, -0.2) is 37.5 Å². The lowest BCUT2D eigenvalue weighted by Gasteiger charge is -2.18. The number of nitrogens with zero attached hydrogens (tertiary/aromatic N) is 1. The molecule has 1 saturated carbocycles. The third kappa shape index (κ3) is 4.31. The Kier molecular flexibility index (Phi) is 4.45. The summed E-state index contributed by atoms with van der Waals surface area (Å²) in [4.78, 5) is 11.8. The number of benzene rings is 1. The number of hydrogen-bond acceptors (Lipinski definition) is 3. The number of carbonyl (C=O) groups excluding carboxylic acids is 1. The highest BCUT2D eigenvalue weighted by molar-refractivity contribution is 7.88. The van der Waals surface area contributed by atoms with Crippen LogP contribution >= 0.6 is 0 Å². The van der Waals surface area contributed by atoms with Crippen molar-refractivity contribution in [3.63, 3.8) is 0 Å². The first-order chi connectivity index (χ1) is 9.36. The number of carbonyl (C=O) groups is 1. The van der Waals surface area contributed by atoms with Gasteiger partial charge in [0.25, 0.3) is 0 Å². The lowest BCUT2D eigenvalue weighted by atomic mass is 10.2. The molecular weight excluding hydrogens is 276 g/mol. The molecule has 1 aliphatic rings. The number of nitrogens with one attached hydrogen (secondary N) is 1. The molecule has 20 heavy (non-hydrogen) atoms. The first-order valence-corrected chi connectivity index (χ1v) is 8.54. The molecule has 110 valence electrons. The van der Waals surface area contributed by atoms with Crippen molar-refractivity contribution in [2.75, 3.05) is 18.1 Å². The zero-order valence-corrected chi connectivity index (χ0v) is 12.6. The zero-order valence-electron chi connectivity index (χ0n) is 11.8. The molecule has 1 aliphatic carbocycles. The van der Waals surface area contributed by atoms with E-state index in [-0.39, 0.29) is 24.9 Å². The van der Waals surface area contributed by atoms with E-state index < -0.39 is 10.0 Å². The van der Waals surface area contributed by atoms with Crippen LogP contribution in [0.2, 0.25) is 0 Å². The van der Waals surface area contributed by atoms with Gasteiger partial charge in [-0.2, -0.15) is 4.31 Å². The summed E-state index contributed by atoms with van der Waals surface area (Å²) in [6, 6.07) is 7.60. The molecule has 0 aromatic heterocycles. The average Bonchev–Trinajstić information content (AvgIpc) is 3.15. The predicted octanol–water partition coefficient (Wildman–Crippen LogP) is 1.75. The Labute approximate surface area is 120 Å². The van der Waals surface area contributed by atoms with Gasteiger partial charge in [-0.3, -0.25) is 4.79 Å². The third-order valence-electron chi connectivity index (χ3n) is 3.27. The summed E-state index contributed by atoms with van der Waals surface area (Å²) < 4.78 is 24.7. The van der Waals surface area contributed by atoms with Crippen LogP contribution in [0.4, 0.5) is 5.69 Å². The highest BCUT2D eigenvalue weighted by atomic mass is 32.2. The second-order valence-electron chi connectivity index (χ2n) is 5.27. The fraction of sp³-hybridized carbons (Fsp3) is 0.500. The van der Waals surface area contributed by atoms with Crippen LogP contribution in [0.15, 0.2) is 24.3 Å². The molecule has 0 heterocycles. The SMILES string of the molecule is Cc1ccc(NC(=O)CCN(C2CC2)S(C)(=O)=O)cc1. The maximum Gasteiger partial charge on any atom is 0.225 e. The van der Waals surface area contributed by atoms with E-state index >= 15 is 0 Å². The van der Waals surface area contributed by atoms with E-state index in [0.717, 1.165) is 24.1 Å². The smallest absolute Gasteiger partial charge is 0.225 e. The van der Waals surface area contributed by atoms with Crippen LogP contribution in [0, 0.1) is 6.92 Å². The van der Waals surface area contributed by atoms with Gasteiger partial charge in [0.05, 0.1) is 6.26 Å². The second kappa shape index (κ2) is 5.93. The highest BCUT2D eigenvalue weighted by Crippen LogP contribution is 2.28. The molecule has 0 radical (unpaired) electrons. The number of aryl methyl sites for hydroxylation is 1. The van der Waals surface area contributed by atoms with E-state index in [9.17, 15) is 13.2 Å². The van der Waals surface area contributed by atoms with Crippen LogP contribution in [0.1, 0.15) is 24.8 Å². The predicted molar refractivity (Wildman–Crippen MR) is 79.0 cm³/mol. The molecular formula is C14H20N2O3S. The Bertz CT molecular complexity index is 577. The minimum Gasteiger partial charge on any atom is -0.326 e. The largest absolute Gasteiger partial charge is 0.326 e. The molecule has 2 rings (SSSR count). The molecule has 1 aromatic rings. The molecule has 0 spiro atoms. The van der Waals surface area contributed by atoms with Crippen molar-refractivity contribution >= 4 is 21.6 Å². The van der Waals surface area contributed by atoms with Crippen LogP contribution < -0.4 is 5.32 Å². The Balaban J connectivity index is 1.86. The lowest BCUT2D eigenvalue weighted by Crippen LogP contribution is -2.34. The molecule has 1 aromatic carbocycles. The minimum atomic E-state index is -3.22. The van der Waals surface area contributed by atoms with Crippen molar-refractivity contribution in [1.82, 2.24) is 4.31 Å². The first kappa shape index (κ1) is 15.0. The Hall–Kier alpha value is -1.40. The van der Waals surface area contributed by atoms with Gasteiger partial charge in [0.2, 0.25) is 15.9 Å². The van der Waals surface area contributed by atoms with E-state index in [1.54, 1.807) is 0 Å². The van der Waals surface area contributed by atoms with Crippen molar-refractivity contribution in [2.45, 2.75) is 32.2 Å². The topological polar surface area (TPSA) is 66.5 Å². The van der Waals surface area contributed by atoms with Gasteiger partial charge in [-0.15, -0.1) is 0 Å². The molecule has 6 heteroatoms. The number of hydrogen-bond donors (Lipinski definition) is 1. The van der Waals surface area contributed by atoms with E-state index in [4.69, 9.17) is 0 Å². The Morgan fingerprint density at radius 1 is 1.30 bits per heavy atom. The first-order valence-electron chi connectivity index (χ1n) is 6.69. The van der Waals surface area contributed by atoms with Crippen LogP contribution in [0.5, 0.6) is 0 Å². The van der Waals surface area contributed by atoms with Gasteiger partial charge < -0.3 is 5.32 Å². The summed E-state index contributed by atoms with van der Waals surface area (Å²) in [6.45, 7) is 2.23. The summed E-state index contributed by atoms with van der Waals surface area (Å²) in [5.74, 6) is -0.164. The molecule has 1 N–H and O–H groups in total. The van der Waals surface area contributed by atoms with Gasteiger partial charge in [0.15, 0.2) is 0 Å². The Morgan fingerprint density at radius 2 is 1.90 bits per heavy atom. The van der Waals surface area contributed by atoms with Crippen molar-refractivity contribution in [3.05, 3.63) is 29.8 Å². The van der Waals surface area contributed by atoms with Crippen LogP contribution in [0.3, 0.4) is 0 Å². The van der Waals surface area contributed by atoms with E-state index in [2.05, 4.69) is 5.32 Å². The number of rotatable bonds is 6. The van der Waals surface area contributed by atoms with Crippen LogP contribution in [-0.2, 0) is 14.8 Å². The maximum absolute atomic E-state index is 11.8. The van der Waals surface area contributed by atoms with Crippen molar-refractivity contribution in [1.29, 1.82) is 0 Å². The van der Waals surface area contributed by atoms with Gasteiger partial charge in [0.1, 0.15) is 0 Å². The van der Waals surface area contributed by atoms with Gasteiger partial charge in [-0.1, -0.05) is 17.7 Å². The average molecular weight is 296 g/mol. The summed E-state index contributed by atoms with van der Waals surface area (Å²) in [5.41, 5.74) is 1.86. The molecule has 0 saturated heterocycles. The third-order valence-corrected chi connectivity index (χ3v) is 4.61. The summed E-state index contributed by atoms with van der Waals surface area (Å²) in [6.07, 6.45) is 3.17. The summed E-state index contributed by atoms with van der Waals surface area (Å²) in [5, 5.41) is 2.77. The fourth-order valence-corrected chi connectivity index (χ4v) is 3.23. The van der Waals surface area contributed by atoms with Gasteiger partial charge in [0, 0.05) is 24.7 Å². The van der Waals surface area contributed by atoms with Crippen molar-refractivity contribution in [2.24, 2.45) is 0 Å². The Morgan fingerprint density at radius 3 is 2.40 bits per heavy atom. The molecule has 0 unspecified atom stereocenters. The molecule has 0 atom stereocenters. The van der Waals surface area contributed by atoms with E-state index in [1.807, 2.05) is 31.2 Å². The molecule has 0 bridgehead atoms. The summed E-state index contributed by atoms with van der Waals surface area (Å²) in [7, 11) is -3.22. The number of amides is 1. The normalized spacial score (nSPS) is 15.3.